The number of hydrogen-bond acceptors (Lipinski definition) is 6. The van der Waals surface area contributed by atoms with Crippen molar-refractivity contribution in [2.24, 2.45) is 0 Å². The third-order valence-electron chi connectivity index (χ3n) is 10.1. The van der Waals surface area contributed by atoms with Gasteiger partial charge in [-0.15, -0.1) is 0 Å². The van der Waals surface area contributed by atoms with Crippen LogP contribution in [-0.2, 0) is 28.6 Å². The van der Waals surface area contributed by atoms with Gasteiger partial charge in [0.05, 0.1) is 34.4 Å². The van der Waals surface area contributed by atoms with E-state index in [0.717, 1.165) is 57.8 Å². The number of aliphatic carboxylic acids is 1. The Morgan fingerprint density at radius 3 is 1.49 bits per heavy atom. The molecular formula is C47H86NO7+. The summed E-state index contributed by atoms with van der Waals surface area (Å²) in [4.78, 5) is 37.0. The third-order valence-corrected chi connectivity index (χ3v) is 10.1. The van der Waals surface area contributed by atoms with Gasteiger partial charge >= 0.3 is 17.9 Å². The fraction of sp³-hybridized carbons (Fsp3) is 0.809. The molecule has 8 heteroatoms. The van der Waals surface area contributed by atoms with E-state index in [-0.39, 0.29) is 36.2 Å². The van der Waals surface area contributed by atoms with Crippen LogP contribution in [0.25, 0.3) is 0 Å². The second kappa shape index (κ2) is 38.4. The number of quaternary nitrogens is 1. The van der Waals surface area contributed by atoms with Crippen molar-refractivity contribution in [1.29, 1.82) is 0 Å². The summed E-state index contributed by atoms with van der Waals surface area (Å²) in [7, 11) is 5.52. The summed E-state index contributed by atoms with van der Waals surface area (Å²) in [6.45, 7) is 4.61. The maximum absolute atomic E-state index is 12.7. The summed E-state index contributed by atoms with van der Waals surface area (Å²) in [6.07, 6.45) is 43.2. The molecule has 0 fully saturated rings. The number of carbonyl (C=O) groups is 3. The molecule has 0 aromatic heterocycles. The van der Waals surface area contributed by atoms with Crippen molar-refractivity contribution in [3.63, 3.8) is 0 Å². The number of carbonyl (C=O) groups excluding carboxylic acids is 2. The van der Waals surface area contributed by atoms with Crippen LogP contribution in [0.5, 0.6) is 0 Å². The molecule has 0 bridgehead atoms. The smallest absolute Gasteiger partial charge is 0.362 e. The van der Waals surface area contributed by atoms with E-state index in [1.165, 1.54) is 103 Å². The van der Waals surface area contributed by atoms with E-state index >= 15 is 0 Å². The highest BCUT2D eigenvalue weighted by Crippen LogP contribution is 2.15. The van der Waals surface area contributed by atoms with Crippen LogP contribution in [-0.4, -0.2) is 80.6 Å². The van der Waals surface area contributed by atoms with Crippen LogP contribution in [0.3, 0.4) is 0 Å². The highest BCUT2D eigenvalue weighted by atomic mass is 16.6. The molecule has 2 atom stereocenters. The monoisotopic (exact) mass is 777 g/mol. The predicted molar refractivity (Wildman–Crippen MR) is 229 cm³/mol. The molecule has 0 aromatic carbocycles. The average Bonchev–Trinajstić information content (AvgIpc) is 3.14. The molecule has 0 aliphatic heterocycles. The molecule has 0 spiro atoms. The van der Waals surface area contributed by atoms with Gasteiger partial charge in [-0.2, -0.15) is 0 Å². The Morgan fingerprint density at radius 1 is 0.564 bits per heavy atom. The lowest BCUT2D eigenvalue weighted by Gasteiger charge is -2.31. The molecule has 0 rings (SSSR count). The van der Waals surface area contributed by atoms with Crippen molar-refractivity contribution in [3.05, 3.63) is 36.5 Å². The first-order valence-electron chi connectivity index (χ1n) is 22.6. The standard InChI is InChI=1S/C47H85NO7/c1-6-8-10-12-14-16-18-20-22-24-25-27-29-31-33-35-37-45(49)54-42-43(41-53-40-39-44(47(51)52)48(3,4)5)55-46(50)38-36-34-32-30-28-26-23-21-19-17-15-13-11-9-7-2/h9,11,13,15,17,19,43-44H,6-8,10,12,14,16,18,20-42H2,1-5H3/p+1/b11-9+,15-13+,19-17+. The molecule has 55 heavy (non-hydrogen) atoms. The lowest BCUT2D eigenvalue weighted by atomic mass is 10.0. The molecule has 0 aliphatic rings. The summed E-state index contributed by atoms with van der Waals surface area (Å²) >= 11 is 0. The van der Waals surface area contributed by atoms with Crippen molar-refractivity contribution >= 4 is 17.9 Å². The second-order valence-corrected chi connectivity index (χ2v) is 16.3. The van der Waals surface area contributed by atoms with Gasteiger partial charge in [0, 0.05) is 19.3 Å². The summed E-state index contributed by atoms with van der Waals surface area (Å²) < 4.78 is 17.3. The Morgan fingerprint density at radius 2 is 1.02 bits per heavy atom. The van der Waals surface area contributed by atoms with Gasteiger partial charge < -0.3 is 23.8 Å². The molecule has 0 saturated carbocycles. The number of allylic oxidation sites excluding steroid dienone is 6. The first-order valence-corrected chi connectivity index (χ1v) is 22.6. The Labute approximate surface area is 338 Å². The minimum absolute atomic E-state index is 0.0531. The largest absolute Gasteiger partial charge is 0.477 e. The van der Waals surface area contributed by atoms with Crippen LogP contribution >= 0.6 is 0 Å². The molecule has 0 aromatic rings. The number of likely N-dealkylation sites (N-methyl/N-ethyl adjacent to an activating group) is 1. The molecular weight excluding hydrogens is 691 g/mol. The van der Waals surface area contributed by atoms with E-state index in [9.17, 15) is 19.5 Å². The summed E-state index contributed by atoms with van der Waals surface area (Å²) in [5, 5.41) is 9.62. The van der Waals surface area contributed by atoms with E-state index in [1.807, 2.05) is 21.1 Å². The van der Waals surface area contributed by atoms with Gasteiger partial charge in [-0.05, 0) is 32.1 Å². The van der Waals surface area contributed by atoms with Gasteiger partial charge in [0.15, 0.2) is 12.1 Å². The number of nitrogens with zero attached hydrogens (tertiary/aromatic N) is 1. The first-order chi connectivity index (χ1) is 26.6. The number of esters is 2. The van der Waals surface area contributed by atoms with E-state index in [4.69, 9.17) is 14.2 Å². The predicted octanol–water partition coefficient (Wildman–Crippen LogP) is 12.2. The SMILES string of the molecule is CC/C=C/C=C/C=C/CCCCCCCCCC(=O)OC(COCCC(C(=O)O)[N+](C)(C)C)COC(=O)CCCCCCCCCCCCCCCCCC. The topological polar surface area (TPSA) is 99.1 Å². The maximum Gasteiger partial charge on any atom is 0.362 e. The second-order valence-electron chi connectivity index (χ2n) is 16.3. The quantitative estimate of drug-likeness (QED) is 0.0286. The molecule has 0 saturated heterocycles. The van der Waals surface area contributed by atoms with Gasteiger partial charge in [-0.1, -0.05) is 179 Å². The Balaban J connectivity index is 4.32. The molecule has 1 N–H and O–H groups in total. The Bertz CT molecular complexity index is 1000. The number of carboxylic acids is 1. The number of carboxylic acid groups (broad SMARTS) is 1. The van der Waals surface area contributed by atoms with Gasteiger partial charge in [0.25, 0.3) is 0 Å². The maximum atomic E-state index is 12.7. The zero-order valence-corrected chi connectivity index (χ0v) is 36.4. The van der Waals surface area contributed by atoms with E-state index in [0.29, 0.717) is 19.3 Å². The van der Waals surface area contributed by atoms with Crippen molar-refractivity contribution in [3.8, 4) is 0 Å². The molecule has 0 aliphatic carbocycles. The molecule has 0 radical (unpaired) electrons. The lowest BCUT2D eigenvalue weighted by molar-refractivity contribution is -0.887. The molecule has 0 heterocycles. The van der Waals surface area contributed by atoms with Crippen molar-refractivity contribution in [2.75, 3.05) is 41.0 Å². The third kappa shape index (κ3) is 36.9. The highest BCUT2D eigenvalue weighted by Gasteiger charge is 2.31. The fourth-order valence-corrected chi connectivity index (χ4v) is 6.62. The van der Waals surface area contributed by atoms with E-state index in [1.54, 1.807) is 0 Å². The highest BCUT2D eigenvalue weighted by molar-refractivity contribution is 5.72. The zero-order valence-electron chi connectivity index (χ0n) is 36.4. The molecule has 0 amide bonds. The minimum atomic E-state index is -0.876. The number of rotatable bonds is 40. The van der Waals surface area contributed by atoms with E-state index in [2.05, 4.69) is 50.3 Å². The minimum Gasteiger partial charge on any atom is -0.477 e. The van der Waals surface area contributed by atoms with Gasteiger partial charge in [0.1, 0.15) is 6.61 Å². The zero-order chi connectivity index (χ0) is 40.7. The normalized spacial score (nSPS) is 13.3. The number of ether oxygens (including phenoxy) is 3. The Hall–Kier alpha value is -2.45. The van der Waals surface area contributed by atoms with Crippen LogP contribution in [0.4, 0.5) is 0 Å². The van der Waals surface area contributed by atoms with Gasteiger partial charge in [-0.25, -0.2) is 4.79 Å². The summed E-state index contributed by atoms with van der Waals surface area (Å²) in [6, 6.07) is -0.615. The van der Waals surface area contributed by atoms with Crippen molar-refractivity contribution in [2.45, 2.75) is 206 Å². The van der Waals surface area contributed by atoms with E-state index < -0.39 is 18.1 Å². The molecule has 320 valence electrons. The first kappa shape index (κ1) is 52.6. The van der Waals surface area contributed by atoms with Crippen LogP contribution in [0.15, 0.2) is 36.5 Å². The van der Waals surface area contributed by atoms with Crippen LogP contribution in [0.2, 0.25) is 0 Å². The van der Waals surface area contributed by atoms with Crippen LogP contribution in [0.1, 0.15) is 194 Å². The summed E-state index contributed by atoms with van der Waals surface area (Å²) in [5.74, 6) is -1.48. The molecule has 2 unspecified atom stereocenters. The lowest BCUT2D eigenvalue weighted by Crippen LogP contribution is -2.50. The van der Waals surface area contributed by atoms with Crippen LogP contribution < -0.4 is 0 Å². The van der Waals surface area contributed by atoms with Crippen molar-refractivity contribution in [1.82, 2.24) is 0 Å². The number of hydrogen-bond donors (Lipinski definition) is 1. The van der Waals surface area contributed by atoms with Gasteiger partial charge in [0.2, 0.25) is 0 Å². The average molecular weight is 777 g/mol. The Kier molecular flexibility index (Phi) is 36.7. The van der Waals surface area contributed by atoms with Crippen molar-refractivity contribution < 1.29 is 38.2 Å². The van der Waals surface area contributed by atoms with Crippen LogP contribution in [0, 0.1) is 0 Å². The number of unbranched alkanes of at least 4 members (excludes halogenated alkanes) is 22. The fourth-order valence-electron chi connectivity index (χ4n) is 6.62. The van der Waals surface area contributed by atoms with Gasteiger partial charge in [-0.3, -0.25) is 9.59 Å². The molecule has 8 nitrogen and oxygen atoms in total. The summed E-state index contributed by atoms with van der Waals surface area (Å²) in [5.41, 5.74) is 0.